The number of hydrogen-bond acceptors (Lipinski definition) is 9. The summed E-state index contributed by atoms with van der Waals surface area (Å²) in [6.07, 6.45) is 4.21. The van der Waals surface area contributed by atoms with Crippen LogP contribution in [0.1, 0.15) is 50.6 Å². The molecule has 0 aliphatic rings. The van der Waals surface area contributed by atoms with Crippen LogP contribution in [0.25, 0.3) is 0 Å². The SMILES string of the molecule is NCCCCC(NC(=O)C(Cc1cnc[nH]1)NC(=O)C(CCCN=C(N)N)NC(=O)C(N)CCC(N)=O)C(=O)O. The number of aliphatic carboxylic acids is 1. The van der Waals surface area contributed by atoms with Crippen molar-refractivity contribution in [2.24, 2.45) is 33.7 Å². The van der Waals surface area contributed by atoms with Crippen molar-refractivity contribution < 1.29 is 29.1 Å². The summed E-state index contributed by atoms with van der Waals surface area (Å²) in [5, 5.41) is 17.1. The molecule has 17 heteroatoms. The predicted octanol–water partition coefficient (Wildman–Crippen LogP) is -3.73. The fraction of sp³-hybridized carbons (Fsp3) is 0.609. The minimum absolute atomic E-state index is 0.0326. The van der Waals surface area contributed by atoms with Gasteiger partial charge in [-0.05, 0) is 45.1 Å². The van der Waals surface area contributed by atoms with Crippen molar-refractivity contribution in [3.05, 3.63) is 18.2 Å². The Morgan fingerprint density at radius 3 is 2.10 bits per heavy atom. The third-order valence-corrected chi connectivity index (χ3v) is 5.79. The van der Waals surface area contributed by atoms with Crippen molar-refractivity contribution in [2.45, 2.75) is 75.5 Å². The van der Waals surface area contributed by atoms with Crippen LogP contribution in [0.2, 0.25) is 0 Å². The van der Waals surface area contributed by atoms with Crippen LogP contribution < -0.4 is 44.6 Å². The standard InChI is InChI=1S/C23H41N11O6/c24-8-2-1-4-16(22(39)40)33-21(38)17(10-13-11-29-12-31-13)34-20(37)15(5-3-9-30-23(27)28)32-19(36)14(25)6-7-18(26)35/h11-12,14-17H,1-10,24-25H2,(H2,26,35)(H,29,31)(H,32,36)(H,33,38)(H,34,37)(H,39,40)(H4,27,28,30). The van der Waals surface area contributed by atoms with Gasteiger partial charge < -0.3 is 54.7 Å². The summed E-state index contributed by atoms with van der Waals surface area (Å²) in [5.74, 6) is -4.18. The molecule has 4 unspecified atom stereocenters. The smallest absolute Gasteiger partial charge is 0.326 e. The first kappa shape index (κ1) is 33.8. The molecule has 0 aliphatic carbocycles. The van der Waals surface area contributed by atoms with Crippen molar-refractivity contribution in [3.63, 3.8) is 0 Å². The molecular weight excluding hydrogens is 526 g/mol. The van der Waals surface area contributed by atoms with E-state index >= 15 is 0 Å². The molecule has 1 aromatic heterocycles. The monoisotopic (exact) mass is 567 g/mol. The van der Waals surface area contributed by atoms with Gasteiger partial charge in [0.15, 0.2) is 5.96 Å². The number of aromatic nitrogens is 2. The maximum absolute atomic E-state index is 13.3. The number of nitrogens with one attached hydrogen (secondary N) is 4. The van der Waals surface area contributed by atoms with Crippen LogP contribution in [0.5, 0.6) is 0 Å². The van der Waals surface area contributed by atoms with E-state index in [0.29, 0.717) is 25.1 Å². The molecule has 17 nitrogen and oxygen atoms in total. The molecule has 0 spiro atoms. The first-order chi connectivity index (χ1) is 18.9. The summed E-state index contributed by atoms with van der Waals surface area (Å²) in [6, 6.07) is -4.68. The fourth-order valence-electron chi connectivity index (χ4n) is 3.60. The van der Waals surface area contributed by atoms with Crippen molar-refractivity contribution >= 4 is 35.6 Å². The number of aromatic amines is 1. The van der Waals surface area contributed by atoms with Crippen LogP contribution in [-0.2, 0) is 30.4 Å². The van der Waals surface area contributed by atoms with E-state index in [0.717, 1.165) is 0 Å². The molecule has 4 amide bonds. The van der Waals surface area contributed by atoms with Crippen molar-refractivity contribution in [1.82, 2.24) is 25.9 Å². The lowest BCUT2D eigenvalue weighted by atomic mass is 10.0. The molecule has 15 N–H and O–H groups in total. The summed E-state index contributed by atoms with van der Waals surface area (Å²) >= 11 is 0. The van der Waals surface area contributed by atoms with Crippen LogP contribution in [0.4, 0.5) is 0 Å². The highest BCUT2D eigenvalue weighted by atomic mass is 16.4. The summed E-state index contributed by atoms with van der Waals surface area (Å²) < 4.78 is 0. The number of hydrogen-bond donors (Lipinski definition) is 10. The van der Waals surface area contributed by atoms with E-state index in [1.165, 1.54) is 12.5 Å². The lowest BCUT2D eigenvalue weighted by molar-refractivity contribution is -0.142. The minimum Gasteiger partial charge on any atom is -0.480 e. The lowest BCUT2D eigenvalue weighted by Gasteiger charge is -2.25. The number of imidazole rings is 1. The largest absolute Gasteiger partial charge is 0.480 e. The van der Waals surface area contributed by atoms with Crippen molar-refractivity contribution in [3.8, 4) is 0 Å². The second-order valence-corrected chi connectivity index (χ2v) is 9.15. The molecule has 1 heterocycles. The Hall–Kier alpha value is -4.25. The molecule has 0 bridgehead atoms. The average molecular weight is 568 g/mol. The van der Waals surface area contributed by atoms with E-state index in [1.807, 2.05) is 0 Å². The number of carboxylic acid groups (broad SMARTS) is 1. The van der Waals surface area contributed by atoms with Gasteiger partial charge in [-0.25, -0.2) is 9.78 Å². The number of carbonyl (C=O) groups excluding carboxylic acids is 4. The zero-order chi connectivity index (χ0) is 30.1. The van der Waals surface area contributed by atoms with Crippen molar-refractivity contribution in [1.29, 1.82) is 0 Å². The molecule has 0 fully saturated rings. The number of carbonyl (C=O) groups is 5. The third kappa shape index (κ3) is 13.5. The molecule has 0 saturated carbocycles. The van der Waals surface area contributed by atoms with E-state index in [9.17, 15) is 29.1 Å². The lowest BCUT2D eigenvalue weighted by Crippen LogP contribution is -2.57. The quantitative estimate of drug-likeness (QED) is 0.0414. The molecule has 4 atom stereocenters. The topological polar surface area (TPSA) is 313 Å². The molecule has 224 valence electrons. The number of unbranched alkanes of at least 4 members (excludes halogenated alkanes) is 1. The van der Waals surface area contributed by atoms with Gasteiger partial charge in [-0.1, -0.05) is 0 Å². The van der Waals surface area contributed by atoms with Gasteiger partial charge >= 0.3 is 5.97 Å². The molecule has 0 radical (unpaired) electrons. The second-order valence-electron chi connectivity index (χ2n) is 9.15. The summed E-state index contributed by atoms with van der Waals surface area (Å²) in [4.78, 5) is 72.4. The first-order valence-electron chi connectivity index (χ1n) is 12.8. The highest BCUT2D eigenvalue weighted by Gasteiger charge is 2.30. The maximum Gasteiger partial charge on any atom is 0.326 e. The normalized spacial score (nSPS) is 13.8. The van der Waals surface area contributed by atoms with E-state index in [1.54, 1.807) is 0 Å². The molecule has 0 saturated heterocycles. The zero-order valence-corrected chi connectivity index (χ0v) is 22.3. The Labute approximate surface area is 231 Å². The summed E-state index contributed by atoms with van der Waals surface area (Å²) in [7, 11) is 0. The number of rotatable bonds is 20. The molecular formula is C23H41N11O6. The van der Waals surface area contributed by atoms with Crippen molar-refractivity contribution in [2.75, 3.05) is 13.1 Å². The first-order valence-corrected chi connectivity index (χ1v) is 12.8. The predicted molar refractivity (Wildman–Crippen MR) is 145 cm³/mol. The Morgan fingerprint density at radius 2 is 1.52 bits per heavy atom. The number of amides is 4. The van der Waals surface area contributed by atoms with E-state index in [2.05, 4.69) is 30.9 Å². The number of aliphatic imine (C=N–C) groups is 1. The zero-order valence-electron chi connectivity index (χ0n) is 22.3. The second kappa shape index (κ2) is 18.1. The maximum atomic E-state index is 13.3. The summed E-state index contributed by atoms with van der Waals surface area (Å²) in [6.45, 7) is 0.540. The number of primary amides is 1. The van der Waals surface area contributed by atoms with Gasteiger partial charge in [0.05, 0.1) is 12.4 Å². The Kier molecular flexibility index (Phi) is 15.3. The highest BCUT2D eigenvalue weighted by molar-refractivity contribution is 5.94. The van der Waals surface area contributed by atoms with Gasteiger partial charge in [0.1, 0.15) is 18.1 Å². The number of H-pyrrole nitrogens is 1. The van der Waals surface area contributed by atoms with Gasteiger partial charge in [-0.15, -0.1) is 0 Å². The Balaban J connectivity index is 3.07. The highest BCUT2D eigenvalue weighted by Crippen LogP contribution is 2.07. The minimum atomic E-state index is -1.23. The number of carboxylic acids is 1. The number of nitrogens with two attached hydrogens (primary N) is 5. The van der Waals surface area contributed by atoms with Crippen LogP contribution >= 0.6 is 0 Å². The van der Waals surface area contributed by atoms with Gasteiger partial charge in [-0.2, -0.15) is 0 Å². The molecule has 40 heavy (non-hydrogen) atoms. The van der Waals surface area contributed by atoms with E-state index in [4.69, 9.17) is 28.7 Å². The third-order valence-electron chi connectivity index (χ3n) is 5.79. The van der Waals surface area contributed by atoms with Gasteiger partial charge in [0, 0.05) is 31.3 Å². The molecule has 0 aromatic carbocycles. The Morgan fingerprint density at radius 1 is 0.900 bits per heavy atom. The van der Waals surface area contributed by atoms with Gasteiger partial charge in [0.2, 0.25) is 23.6 Å². The van der Waals surface area contributed by atoms with Crippen LogP contribution in [-0.4, -0.2) is 87.9 Å². The average Bonchev–Trinajstić information content (AvgIpc) is 3.40. The van der Waals surface area contributed by atoms with Crippen LogP contribution in [0.15, 0.2) is 17.5 Å². The van der Waals surface area contributed by atoms with Crippen LogP contribution in [0, 0.1) is 0 Å². The number of nitrogens with zero attached hydrogens (tertiary/aromatic N) is 2. The summed E-state index contributed by atoms with van der Waals surface area (Å²) in [5.41, 5.74) is 27.6. The van der Waals surface area contributed by atoms with E-state index < -0.39 is 53.8 Å². The van der Waals surface area contributed by atoms with Gasteiger partial charge in [0.25, 0.3) is 0 Å². The number of guanidine groups is 1. The molecule has 1 aromatic rings. The Bertz CT molecular complexity index is 997. The van der Waals surface area contributed by atoms with Gasteiger partial charge in [-0.3, -0.25) is 24.2 Å². The van der Waals surface area contributed by atoms with E-state index in [-0.39, 0.29) is 51.0 Å². The molecule has 0 aliphatic heterocycles. The fourth-order valence-corrected chi connectivity index (χ4v) is 3.60. The molecule has 1 rings (SSSR count). The van der Waals surface area contributed by atoms with Crippen LogP contribution in [0.3, 0.4) is 0 Å².